The number of piperidine rings is 1. The maximum Gasteiger partial charge on any atom is 0.408 e. The molecule has 6 nitrogen and oxygen atoms in total. The molecule has 0 saturated carbocycles. The first-order chi connectivity index (χ1) is 12.8. The summed E-state index contributed by atoms with van der Waals surface area (Å²) >= 11 is 1.37. The number of carbonyl (C=O) groups excluding carboxylic acids is 1. The fraction of sp³-hybridized carbons (Fsp3) is 0.421. The summed E-state index contributed by atoms with van der Waals surface area (Å²) in [6, 6.07) is 5.85. The number of thiazole rings is 1. The number of rotatable bonds is 3. The highest BCUT2D eigenvalue weighted by molar-refractivity contribution is 7.15. The summed E-state index contributed by atoms with van der Waals surface area (Å²) in [5.41, 5.74) is 1.01. The van der Waals surface area contributed by atoms with Crippen LogP contribution in [0.15, 0.2) is 24.3 Å². The molecule has 1 aliphatic heterocycles. The van der Waals surface area contributed by atoms with Crippen LogP contribution in [-0.4, -0.2) is 51.1 Å². The second kappa shape index (κ2) is 7.64. The molecule has 2 heterocycles. The van der Waals surface area contributed by atoms with Gasteiger partial charge in [-0.3, -0.25) is 9.69 Å². The minimum Gasteiger partial charge on any atom is -0.465 e. The lowest BCUT2D eigenvalue weighted by Gasteiger charge is -2.43. The summed E-state index contributed by atoms with van der Waals surface area (Å²) in [6.45, 7) is 3.74. The summed E-state index contributed by atoms with van der Waals surface area (Å²) < 4.78 is 13.3. The molecule has 1 aromatic heterocycles. The third-order valence-electron chi connectivity index (χ3n) is 4.91. The van der Waals surface area contributed by atoms with E-state index in [-0.39, 0.29) is 17.8 Å². The molecular weight excluding hydrogens is 369 g/mol. The average Bonchev–Trinajstić information content (AvgIpc) is 3.02. The number of nitrogens with zero attached hydrogens (tertiary/aromatic N) is 3. The van der Waals surface area contributed by atoms with Gasteiger partial charge in [0, 0.05) is 13.1 Å². The van der Waals surface area contributed by atoms with Gasteiger partial charge in [0.15, 0.2) is 0 Å². The minimum atomic E-state index is -1.07. The molecule has 1 fully saturated rings. The van der Waals surface area contributed by atoms with Crippen LogP contribution in [0.5, 0.6) is 0 Å². The highest BCUT2D eigenvalue weighted by Crippen LogP contribution is 2.34. The SMILES string of the molecule is Cc1nc(C(=O)N2C(C)CCCC2N(C)C(=O)O)c(-c2ccc(F)cc2)s1. The summed E-state index contributed by atoms with van der Waals surface area (Å²) in [7, 11) is 1.48. The third kappa shape index (κ3) is 3.80. The molecule has 1 saturated heterocycles. The van der Waals surface area contributed by atoms with Gasteiger partial charge in [0.25, 0.3) is 5.91 Å². The van der Waals surface area contributed by atoms with Gasteiger partial charge >= 0.3 is 6.09 Å². The Bertz CT molecular complexity index is 852. The van der Waals surface area contributed by atoms with Crippen molar-refractivity contribution in [3.8, 4) is 10.4 Å². The Kier molecular flexibility index (Phi) is 5.46. The maximum absolute atomic E-state index is 13.4. The molecule has 0 aliphatic carbocycles. The molecule has 0 spiro atoms. The lowest BCUT2D eigenvalue weighted by molar-refractivity contribution is 0.00765. The summed E-state index contributed by atoms with van der Waals surface area (Å²) in [5, 5.41) is 10.1. The lowest BCUT2D eigenvalue weighted by Crippen LogP contribution is -2.56. The van der Waals surface area contributed by atoms with Crippen LogP contribution in [0.3, 0.4) is 0 Å². The van der Waals surface area contributed by atoms with E-state index in [9.17, 15) is 19.1 Å². The monoisotopic (exact) mass is 391 g/mol. The first-order valence-electron chi connectivity index (χ1n) is 8.81. The van der Waals surface area contributed by atoms with Crippen LogP contribution >= 0.6 is 11.3 Å². The van der Waals surface area contributed by atoms with Crippen molar-refractivity contribution >= 4 is 23.3 Å². The van der Waals surface area contributed by atoms with Crippen molar-refractivity contribution in [2.24, 2.45) is 0 Å². The zero-order valence-corrected chi connectivity index (χ0v) is 16.3. The van der Waals surface area contributed by atoms with E-state index in [1.807, 2.05) is 13.8 Å². The Labute approximate surface area is 161 Å². The molecule has 2 atom stereocenters. The predicted molar refractivity (Wildman–Crippen MR) is 101 cm³/mol. The van der Waals surface area contributed by atoms with Crippen LogP contribution < -0.4 is 0 Å². The Hall–Kier alpha value is -2.48. The first kappa shape index (κ1) is 19.3. The number of hydrogen-bond acceptors (Lipinski definition) is 4. The molecule has 0 radical (unpaired) electrons. The van der Waals surface area contributed by atoms with Crippen LogP contribution in [0.4, 0.5) is 9.18 Å². The molecule has 2 aromatic rings. The normalized spacial score (nSPS) is 19.8. The van der Waals surface area contributed by atoms with E-state index >= 15 is 0 Å². The summed E-state index contributed by atoms with van der Waals surface area (Å²) in [6.07, 6.45) is 0.661. The van der Waals surface area contributed by atoms with Crippen molar-refractivity contribution in [3.05, 3.63) is 40.8 Å². The molecule has 1 N–H and O–H groups in total. The van der Waals surface area contributed by atoms with E-state index in [0.29, 0.717) is 17.0 Å². The fourth-order valence-electron chi connectivity index (χ4n) is 3.50. The third-order valence-corrected chi connectivity index (χ3v) is 5.93. The van der Waals surface area contributed by atoms with Crippen LogP contribution in [-0.2, 0) is 0 Å². The number of benzene rings is 1. The highest BCUT2D eigenvalue weighted by atomic mass is 32.1. The van der Waals surface area contributed by atoms with Gasteiger partial charge in [-0.05, 0) is 50.8 Å². The van der Waals surface area contributed by atoms with E-state index < -0.39 is 12.3 Å². The molecule has 1 aromatic carbocycles. The van der Waals surface area contributed by atoms with Gasteiger partial charge in [0.1, 0.15) is 17.7 Å². The van der Waals surface area contributed by atoms with E-state index in [4.69, 9.17) is 0 Å². The Morgan fingerprint density at radius 2 is 1.96 bits per heavy atom. The molecule has 2 unspecified atom stereocenters. The minimum absolute atomic E-state index is 0.0962. The van der Waals surface area contributed by atoms with E-state index in [1.54, 1.807) is 17.0 Å². The number of halogens is 1. The van der Waals surface area contributed by atoms with Gasteiger partial charge in [0.2, 0.25) is 0 Å². The number of amides is 2. The van der Waals surface area contributed by atoms with Crippen LogP contribution in [0.2, 0.25) is 0 Å². The summed E-state index contributed by atoms with van der Waals surface area (Å²) in [4.78, 5) is 32.8. The van der Waals surface area contributed by atoms with Gasteiger partial charge in [-0.2, -0.15) is 0 Å². The van der Waals surface area contributed by atoms with Crippen LogP contribution in [0, 0.1) is 12.7 Å². The van der Waals surface area contributed by atoms with Gasteiger partial charge in [-0.1, -0.05) is 12.1 Å². The van der Waals surface area contributed by atoms with Crippen molar-refractivity contribution in [1.29, 1.82) is 0 Å². The first-order valence-corrected chi connectivity index (χ1v) is 9.63. The maximum atomic E-state index is 13.4. The number of carbonyl (C=O) groups is 2. The second-order valence-electron chi connectivity index (χ2n) is 6.78. The average molecular weight is 391 g/mol. The predicted octanol–water partition coefficient (Wildman–Crippen LogP) is 4.21. The quantitative estimate of drug-likeness (QED) is 0.851. The smallest absolute Gasteiger partial charge is 0.408 e. The molecule has 8 heteroatoms. The van der Waals surface area contributed by atoms with Crippen molar-refractivity contribution in [2.75, 3.05) is 7.05 Å². The number of hydrogen-bond donors (Lipinski definition) is 1. The molecule has 2 amide bonds. The standard InChI is InChI=1S/C19H22FN3O3S/c1-11-5-4-6-15(22(3)19(25)26)23(11)18(24)16-17(27-12(2)21-16)13-7-9-14(20)10-8-13/h7-11,15H,4-6H2,1-3H3,(H,25,26). The largest absolute Gasteiger partial charge is 0.465 e. The number of likely N-dealkylation sites (tertiary alicyclic amines) is 1. The topological polar surface area (TPSA) is 73.7 Å². The van der Waals surface area contributed by atoms with E-state index in [2.05, 4.69) is 4.98 Å². The van der Waals surface area contributed by atoms with Crippen LogP contribution in [0.1, 0.15) is 41.7 Å². The van der Waals surface area contributed by atoms with Gasteiger partial charge < -0.3 is 10.0 Å². The Balaban J connectivity index is 2.01. The van der Waals surface area contributed by atoms with Gasteiger partial charge in [-0.25, -0.2) is 14.2 Å². The van der Waals surface area contributed by atoms with Crippen molar-refractivity contribution in [2.45, 2.75) is 45.3 Å². The van der Waals surface area contributed by atoms with E-state index in [1.165, 1.54) is 35.4 Å². The zero-order chi connectivity index (χ0) is 19.7. The molecule has 27 heavy (non-hydrogen) atoms. The van der Waals surface area contributed by atoms with Crippen molar-refractivity contribution in [1.82, 2.24) is 14.8 Å². The molecule has 1 aliphatic rings. The summed E-state index contributed by atoms with van der Waals surface area (Å²) in [5.74, 6) is -0.635. The van der Waals surface area contributed by atoms with Gasteiger partial charge in [-0.15, -0.1) is 11.3 Å². The van der Waals surface area contributed by atoms with E-state index in [0.717, 1.165) is 23.4 Å². The Morgan fingerprint density at radius 3 is 2.59 bits per heavy atom. The fourth-order valence-corrected chi connectivity index (χ4v) is 4.42. The number of aromatic nitrogens is 1. The highest BCUT2D eigenvalue weighted by Gasteiger charge is 2.38. The van der Waals surface area contributed by atoms with Gasteiger partial charge in [0.05, 0.1) is 9.88 Å². The van der Waals surface area contributed by atoms with Crippen molar-refractivity contribution < 1.29 is 19.1 Å². The number of aryl methyl sites for hydroxylation is 1. The Morgan fingerprint density at radius 1 is 1.30 bits per heavy atom. The van der Waals surface area contributed by atoms with Crippen molar-refractivity contribution in [3.63, 3.8) is 0 Å². The molecular formula is C19H22FN3O3S. The molecule has 144 valence electrons. The zero-order valence-electron chi connectivity index (χ0n) is 15.5. The molecule has 0 bridgehead atoms. The number of carboxylic acid groups (broad SMARTS) is 1. The second-order valence-corrected chi connectivity index (χ2v) is 7.99. The van der Waals surface area contributed by atoms with Crippen LogP contribution in [0.25, 0.3) is 10.4 Å². The lowest BCUT2D eigenvalue weighted by atomic mass is 9.99. The molecule has 3 rings (SSSR count).